The summed E-state index contributed by atoms with van der Waals surface area (Å²) in [5, 5.41) is 3.06. The number of ether oxygens (including phenoxy) is 1. The van der Waals surface area contributed by atoms with Crippen molar-refractivity contribution in [3.8, 4) is 0 Å². The topological polar surface area (TPSA) is 55.4 Å². The Morgan fingerprint density at radius 2 is 1.73 bits per heavy atom. The van der Waals surface area contributed by atoms with Crippen molar-refractivity contribution in [2.75, 3.05) is 7.11 Å². The fraction of sp³-hybridized carbons (Fsp3) is 0.778. The van der Waals surface area contributed by atoms with E-state index in [-0.39, 0.29) is 29.1 Å². The summed E-state index contributed by atoms with van der Waals surface area (Å²) in [5.41, 5.74) is 0.389. The first-order valence-corrected chi connectivity index (χ1v) is 8.30. The van der Waals surface area contributed by atoms with Gasteiger partial charge in [-0.1, -0.05) is 44.8 Å². The van der Waals surface area contributed by atoms with Crippen molar-refractivity contribution in [2.45, 2.75) is 65.3 Å². The lowest BCUT2D eigenvalue weighted by atomic mass is 9.81. The van der Waals surface area contributed by atoms with Crippen LogP contribution in [0.3, 0.4) is 0 Å². The van der Waals surface area contributed by atoms with Gasteiger partial charge in [-0.15, -0.1) is 0 Å². The molecule has 4 heteroatoms. The van der Waals surface area contributed by atoms with Crippen molar-refractivity contribution < 1.29 is 14.3 Å². The smallest absolute Gasteiger partial charge is 0.331 e. The third kappa shape index (κ3) is 3.06. The molecule has 22 heavy (non-hydrogen) atoms. The average Bonchev–Trinajstić information content (AvgIpc) is 2.99. The molecule has 4 nitrogen and oxygen atoms in total. The Kier molecular flexibility index (Phi) is 4.69. The van der Waals surface area contributed by atoms with Crippen LogP contribution in [0.4, 0.5) is 0 Å². The predicted octanol–water partition coefficient (Wildman–Crippen LogP) is 3.22. The van der Waals surface area contributed by atoms with Crippen LogP contribution in [0.2, 0.25) is 0 Å². The van der Waals surface area contributed by atoms with Crippen LogP contribution in [0.25, 0.3) is 0 Å². The fourth-order valence-corrected chi connectivity index (χ4v) is 3.89. The number of hydrogen-bond acceptors (Lipinski definition) is 3. The summed E-state index contributed by atoms with van der Waals surface area (Å²) >= 11 is 0. The van der Waals surface area contributed by atoms with Gasteiger partial charge in [-0.05, 0) is 38.0 Å². The second-order valence-electron chi connectivity index (χ2n) is 7.69. The third-order valence-electron chi connectivity index (χ3n) is 5.35. The summed E-state index contributed by atoms with van der Waals surface area (Å²) < 4.78 is 4.97. The Bertz CT molecular complexity index is 483. The highest BCUT2D eigenvalue weighted by molar-refractivity contribution is 5.91. The molecule has 0 heterocycles. The van der Waals surface area contributed by atoms with Crippen molar-refractivity contribution in [1.82, 2.24) is 5.32 Å². The number of hydrogen-bond donors (Lipinski definition) is 1. The number of rotatable bonds is 4. The molecule has 1 amide bonds. The molecule has 0 radical (unpaired) electrons. The highest BCUT2D eigenvalue weighted by Gasteiger charge is 2.61. The van der Waals surface area contributed by atoms with Gasteiger partial charge in [-0.25, -0.2) is 4.79 Å². The second-order valence-corrected chi connectivity index (χ2v) is 7.69. The van der Waals surface area contributed by atoms with E-state index in [1.807, 2.05) is 0 Å². The van der Waals surface area contributed by atoms with Gasteiger partial charge in [0.2, 0.25) is 5.91 Å². The van der Waals surface area contributed by atoms with Gasteiger partial charge in [0.05, 0.1) is 13.0 Å². The minimum atomic E-state index is -0.807. The minimum Gasteiger partial charge on any atom is -0.467 e. The van der Waals surface area contributed by atoms with Crippen LogP contribution in [0.5, 0.6) is 0 Å². The largest absolute Gasteiger partial charge is 0.467 e. The molecule has 0 aromatic heterocycles. The molecule has 0 aliphatic heterocycles. The van der Waals surface area contributed by atoms with Gasteiger partial charge in [-0.3, -0.25) is 4.79 Å². The Morgan fingerprint density at radius 3 is 2.23 bits per heavy atom. The normalized spacial score (nSPS) is 28.4. The lowest BCUT2D eigenvalue weighted by Crippen LogP contribution is -2.56. The van der Waals surface area contributed by atoms with Gasteiger partial charge < -0.3 is 10.1 Å². The van der Waals surface area contributed by atoms with Gasteiger partial charge in [-0.2, -0.15) is 0 Å². The highest BCUT2D eigenvalue weighted by Crippen LogP contribution is 2.59. The molecule has 2 saturated carbocycles. The fourth-order valence-electron chi connectivity index (χ4n) is 3.89. The quantitative estimate of drug-likeness (QED) is 0.641. The Labute approximate surface area is 133 Å². The summed E-state index contributed by atoms with van der Waals surface area (Å²) in [5.74, 6) is -0.0841. The van der Waals surface area contributed by atoms with Gasteiger partial charge in [0.15, 0.2) is 0 Å². The number of allylic oxidation sites excluding steroid dienone is 2. The second kappa shape index (κ2) is 6.05. The van der Waals surface area contributed by atoms with Crippen LogP contribution in [0, 0.1) is 17.3 Å². The minimum absolute atomic E-state index is 0.000185. The highest BCUT2D eigenvalue weighted by atomic mass is 16.5. The summed E-state index contributed by atoms with van der Waals surface area (Å²) in [6.45, 7) is 8.35. The van der Waals surface area contributed by atoms with E-state index < -0.39 is 5.54 Å². The molecule has 0 saturated heterocycles. The van der Waals surface area contributed by atoms with E-state index in [2.05, 4.69) is 39.1 Å². The maximum absolute atomic E-state index is 12.8. The zero-order chi connectivity index (χ0) is 16.5. The number of carbonyl (C=O) groups excluding carboxylic acids is 2. The van der Waals surface area contributed by atoms with E-state index in [1.165, 1.54) is 12.7 Å². The van der Waals surface area contributed by atoms with Crippen molar-refractivity contribution in [3.05, 3.63) is 11.6 Å². The van der Waals surface area contributed by atoms with Crippen molar-refractivity contribution in [1.29, 1.82) is 0 Å². The standard InChI is InChI=1S/C18H29NO3/c1-12(2)11-13-14(17(13,3)4)15(20)19-18(16(21)22-5)9-7-6-8-10-18/h11,13-14H,6-10H2,1-5H3,(H,19,20)/t13-,14+/m0/s1. The predicted molar refractivity (Wildman–Crippen MR) is 86.2 cm³/mol. The van der Waals surface area contributed by atoms with Crippen molar-refractivity contribution in [3.63, 3.8) is 0 Å². The molecule has 0 aromatic rings. The Morgan fingerprint density at radius 1 is 1.14 bits per heavy atom. The molecule has 124 valence electrons. The lowest BCUT2D eigenvalue weighted by Gasteiger charge is -2.35. The van der Waals surface area contributed by atoms with E-state index in [0.717, 1.165) is 19.3 Å². The molecule has 2 atom stereocenters. The molecule has 2 fully saturated rings. The maximum Gasteiger partial charge on any atom is 0.331 e. The maximum atomic E-state index is 12.8. The molecule has 2 rings (SSSR count). The Balaban J connectivity index is 2.13. The average molecular weight is 307 g/mol. The monoisotopic (exact) mass is 307 g/mol. The zero-order valence-corrected chi connectivity index (χ0v) is 14.5. The molecule has 2 aliphatic rings. The van der Waals surface area contributed by atoms with Crippen LogP contribution in [-0.2, 0) is 14.3 Å². The number of nitrogens with one attached hydrogen (secondary N) is 1. The van der Waals surface area contributed by atoms with Gasteiger partial charge in [0, 0.05) is 0 Å². The first-order valence-electron chi connectivity index (χ1n) is 8.30. The lowest BCUT2D eigenvalue weighted by molar-refractivity contribution is -0.153. The zero-order valence-electron chi connectivity index (χ0n) is 14.5. The van der Waals surface area contributed by atoms with E-state index >= 15 is 0 Å². The SMILES string of the molecule is COC(=O)C1(NC(=O)[C@H]2[C@H](C=C(C)C)C2(C)C)CCCCC1. The van der Waals surface area contributed by atoms with Gasteiger partial charge >= 0.3 is 5.97 Å². The van der Waals surface area contributed by atoms with Crippen LogP contribution in [0.1, 0.15) is 59.8 Å². The van der Waals surface area contributed by atoms with Crippen LogP contribution < -0.4 is 5.32 Å². The third-order valence-corrected chi connectivity index (χ3v) is 5.35. The molecule has 1 N–H and O–H groups in total. The van der Waals surface area contributed by atoms with Crippen molar-refractivity contribution in [2.24, 2.45) is 17.3 Å². The molecule has 0 bridgehead atoms. The number of carbonyl (C=O) groups is 2. The summed E-state index contributed by atoms with van der Waals surface area (Å²) in [6, 6.07) is 0. The number of esters is 1. The van der Waals surface area contributed by atoms with Gasteiger partial charge in [0.1, 0.15) is 5.54 Å². The summed E-state index contributed by atoms with van der Waals surface area (Å²) in [4.78, 5) is 25.0. The van der Waals surface area contributed by atoms with Crippen LogP contribution >= 0.6 is 0 Å². The van der Waals surface area contributed by atoms with Gasteiger partial charge in [0.25, 0.3) is 0 Å². The first kappa shape index (κ1) is 17.0. The summed E-state index contributed by atoms with van der Waals surface area (Å²) in [7, 11) is 1.40. The molecule has 0 unspecified atom stereocenters. The molecule has 2 aliphatic carbocycles. The van der Waals surface area contributed by atoms with Crippen LogP contribution in [0.15, 0.2) is 11.6 Å². The Hall–Kier alpha value is -1.32. The van der Waals surface area contributed by atoms with Crippen molar-refractivity contribution >= 4 is 11.9 Å². The number of methoxy groups -OCH3 is 1. The van der Waals surface area contributed by atoms with E-state index in [0.29, 0.717) is 12.8 Å². The first-order chi connectivity index (χ1) is 10.2. The molecule has 0 aromatic carbocycles. The molecular weight excluding hydrogens is 278 g/mol. The van der Waals surface area contributed by atoms with E-state index in [4.69, 9.17) is 4.74 Å². The summed E-state index contributed by atoms with van der Waals surface area (Å²) in [6.07, 6.45) is 6.58. The van der Waals surface area contributed by atoms with Crippen LogP contribution in [-0.4, -0.2) is 24.5 Å². The van der Waals surface area contributed by atoms with E-state index in [1.54, 1.807) is 0 Å². The van der Waals surface area contributed by atoms with E-state index in [9.17, 15) is 9.59 Å². The molecule has 0 spiro atoms. The number of amides is 1. The molecular formula is C18H29NO3.